The van der Waals surface area contributed by atoms with Crippen LogP contribution >= 0.6 is 24.0 Å². The first-order valence-corrected chi connectivity index (χ1v) is 11.0. The molecule has 1 saturated carbocycles. The van der Waals surface area contributed by atoms with Crippen LogP contribution in [0.5, 0.6) is 0 Å². The molecule has 0 aliphatic heterocycles. The molecule has 0 radical (unpaired) electrons. The Morgan fingerprint density at radius 3 is 2.37 bits per heavy atom. The molecule has 160 valence electrons. The fourth-order valence-corrected chi connectivity index (χ4v) is 3.47. The van der Waals surface area contributed by atoms with E-state index < -0.39 is 10.0 Å². The van der Waals surface area contributed by atoms with Crippen molar-refractivity contribution < 1.29 is 13.2 Å². The number of nitrogens with one attached hydrogen (secondary N) is 3. The van der Waals surface area contributed by atoms with E-state index in [0.717, 1.165) is 12.8 Å². The van der Waals surface area contributed by atoms with E-state index in [1.807, 2.05) is 27.7 Å². The van der Waals surface area contributed by atoms with E-state index in [0.29, 0.717) is 25.0 Å². The Bertz CT molecular complexity index is 586. The summed E-state index contributed by atoms with van der Waals surface area (Å²) in [4.78, 5) is 18.1. The molecule has 1 aliphatic carbocycles. The summed E-state index contributed by atoms with van der Waals surface area (Å²) in [6.07, 6.45) is 3.40. The maximum Gasteiger partial charge on any atom is 0.240 e. The van der Waals surface area contributed by atoms with E-state index in [4.69, 9.17) is 0 Å². The highest BCUT2D eigenvalue weighted by Gasteiger charge is 2.20. The van der Waals surface area contributed by atoms with Crippen molar-refractivity contribution in [3.05, 3.63) is 0 Å². The molecule has 0 saturated heterocycles. The average Bonchev–Trinajstić information content (AvgIpc) is 2.42. The molecule has 0 aromatic heterocycles. The number of aliphatic imine (C=N–C) groups is 1. The second-order valence-corrected chi connectivity index (χ2v) is 9.78. The highest BCUT2D eigenvalue weighted by atomic mass is 127. The number of rotatable bonds is 9. The summed E-state index contributed by atoms with van der Waals surface area (Å²) < 4.78 is 26.7. The second-order valence-electron chi connectivity index (χ2n) is 7.85. The van der Waals surface area contributed by atoms with Crippen LogP contribution in [0.3, 0.4) is 0 Å². The van der Waals surface area contributed by atoms with Gasteiger partial charge in [-0.15, -0.1) is 24.0 Å². The molecule has 1 fully saturated rings. The lowest BCUT2D eigenvalue weighted by Gasteiger charge is -2.25. The Hall–Kier alpha value is -0.620. The van der Waals surface area contributed by atoms with Gasteiger partial charge in [-0.1, -0.05) is 6.42 Å². The summed E-state index contributed by atoms with van der Waals surface area (Å²) in [5, 5.41) is 5.98. The van der Waals surface area contributed by atoms with Gasteiger partial charge in [0.15, 0.2) is 5.96 Å². The van der Waals surface area contributed by atoms with Gasteiger partial charge in [0.2, 0.25) is 15.9 Å². The first-order valence-electron chi connectivity index (χ1n) is 9.30. The highest BCUT2D eigenvalue weighted by Crippen LogP contribution is 2.25. The Balaban J connectivity index is 0.00000676. The topological polar surface area (TPSA) is 103 Å². The minimum Gasteiger partial charge on any atom is -0.357 e. The van der Waals surface area contributed by atoms with Crippen molar-refractivity contribution in [3.63, 3.8) is 0 Å². The molecule has 0 atom stereocenters. The predicted octanol–water partition coefficient (Wildman–Crippen LogP) is 1.14. The van der Waals surface area contributed by atoms with Crippen LogP contribution in [0.1, 0.15) is 47.0 Å². The Labute approximate surface area is 181 Å². The number of halogens is 1. The van der Waals surface area contributed by atoms with Gasteiger partial charge in [0.25, 0.3) is 0 Å². The maximum absolute atomic E-state index is 12.1. The molecule has 27 heavy (non-hydrogen) atoms. The van der Waals surface area contributed by atoms with E-state index in [-0.39, 0.29) is 54.3 Å². The van der Waals surface area contributed by atoms with E-state index in [1.54, 1.807) is 11.9 Å². The summed E-state index contributed by atoms with van der Waals surface area (Å²) in [6, 6.07) is 0. The number of amides is 1. The standard InChI is InChI=1S/C17H35N5O3S.HI/c1-6-18-16(22(5)13-15(23)21-17(2,3)4)19-10-11-26(24,25)20-12-14-8-7-9-14;/h14,20H,6-13H2,1-5H3,(H,18,19)(H,21,23);1H. The molecular formula is C17H36IN5O3S. The van der Waals surface area contributed by atoms with Gasteiger partial charge in [0, 0.05) is 25.7 Å². The minimum absolute atomic E-state index is 0. The third-order valence-electron chi connectivity index (χ3n) is 4.03. The van der Waals surface area contributed by atoms with Crippen molar-refractivity contribution in [1.82, 2.24) is 20.3 Å². The molecule has 0 heterocycles. The lowest BCUT2D eigenvalue weighted by molar-refractivity contribution is -0.122. The van der Waals surface area contributed by atoms with Crippen LogP contribution in [-0.4, -0.2) is 69.7 Å². The van der Waals surface area contributed by atoms with E-state index in [1.165, 1.54) is 6.42 Å². The van der Waals surface area contributed by atoms with Gasteiger partial charge in [0.05, 0.1) is 18.8 Å². The van der Waals surface area contributed by atoms with Gasteiger partial charge in [-0.3, -0.25) is 9.79 Å². The van der Waals surface area contributed by atoms with Crippen molar-refractivity contribution in [2.24, 2.45) is 10.9 Å². The van der Waals surface area contributed by atoms with E-state index in [9.17, 15) is 13.2 Å². The monoisotopic (exact) mass is 517 g/mol. The van der Waals surface area contributed by atoms with E-state index in [2.05, 4.69) is 20.3 Å². The fourth-order valence-electron chi connectivity index (χ4n) is 2.50. The number of hydrogen-bond acceptors (Lipinski definition) is 4. The fraction of sp³-hybridized carbons (Fsp3) is 0.882. The van der Waals surface area contributed by atoms with Gasteiger partial charge in [-0.05, 0) is 46.5 Å². The molecular weight excluding hydrogens is 481 g/mol. The number of carbonyl (C=O) groups excluding carboxylic acids is 1. The van der Waals surface area contributed by atoms with Gasteiger partial charge < -0.3 is 15.5 Å². The minimum atomic E-state index is -3.32. The lowest BCUT2D eigenvalue weighted by atomic mass is 9.86. The maximum atomic E-state index is 12.1. The third kappa shape index (κ3) is 11.7. The molecule has 10 heteroatoms. The summed E-state index contributed by atoms with van der Waals surface area (Å²) in [5.74, 6) is 0.834. The van der Waals surface area contributed by atoms with Crippen molar-refractivity contribution >= 4 is 45.9 Å². The molecule has 0 aromatic rings. The average molecular weight is 517 g/mol. The number of sulfonamides is 1. The number of guanidine groups is 1. The number of carbonyl (C=O) groups is 1. The molecule has 8 nitrogen and oxygen atoms in total. The van der Waals surface area contributed by atoms with Crippen LogP contribution in [0.2, 0.25) is 0 Å². The predicted molar refractivity (Wildman–Crippen MR) is 121 cm³/mol. The Kier molecular flexibility index (Phi) is 11.8. The van der Waals surface area contributed by atoms with Crippen molar-refractivity contribution in [3.8, 4) is 0 Å². The summed E-state index contributed by atoms with van der Waals surface area (Å²) in [5.41, 5.74) is -0.298. The van der Waals surface area contributed by atoms with Gasteiger partial charge in [-0.2, -0.15) is 0 Å². The van der Waals surface area contributed by atoms with Gasteiger partial charge in [0.1, 0.15) is 0 Å². The largest absolute Gasteiger partial charge is 0.357 e. The first kappa shape index (κ1) is 26.4. The van der Waals surface area contributed by atoms with Crippen LogP contribution in [0.15, 0.2) is 4.99 Å². The zero-order valence-electron chi connectivity index (χ0n) is 17.2. The Morgan fingerprint density at radius 2 is 1.89 bits per heavy atom. The Morgan fingerprint density at radius 1 is 1.26 bits per heavy atom. The van der Waals surface area contributed by atoms with Crippen LogP contribution in [0.25, 0.3) is 0 Å². The van der Waals surface area contributed by atoms with Crippen LogP contribution in [-0.2, 0) is 14.8 Å². The molecule has 1 aliphatic rings. The summed E-state index contributed by atoms with van der Waals surface area (Å²) >= 11 is 0. The quantitative estimate of drug-likeness (QED) is 0.242. The first-order chi connectivity index (χ1) is 12.0. The summed E-state index contributed by atoms with van der Waals surface area (Å²) in [6.45, 7) is 9.15. The summed E-state index contributed by atoms with van der Waals surface area (Å²) in [7, 11) is -1.56. The third-order valence-corrected chi connectivity index (χ3v) is 5.36. The van der Waals surface area contributed by atoms with Gasteiger partial charge in [-0.25, -0.2) is 13.1 Å². The second kappa shape index (κ2) is 12.1. The number of nitrogens with zero attached hydrogens (tertiary/aromatic N) is 2. The molecule has 0 unspecified atom stereocenters. The smallest absolute Gasteiger partial charge is 0.240 e. The van der Waals surface area contributed by atoms with Gasteiger partial charge >= 0.3 is 0 Å². The zero-order valence-corrected chi connectivity index (χ0v) is 20.3. The molecule has 0 aromatic carbocycles. The number of hydrogen-bond donors (Lipinski definition) is 3. The van der Waals surface area contributed by atoms with Crippen LogP contribution in [0.4, 0.5) is 0 Å². The number of likely N-dealkylation sites (N-methyl/N-ethyl adjacent to an activating group) is 1. The van der Waals surface area contributed by atoms with Crippen LogP contribution in [0, 0.1) is 5.92 Å². The molecule has 1 amide bonds. The van der Waals surface area contributed by atoms with Crippen molar-refractivity contribution in [1.29, 1.82) is 0 Å². The molecule has 1 rings (SSSR count). The van der Waals surface area contributed by atoms with Crippen molar-refractivity contribution in [2.75, 3.05) is 39.0 Å². The zero-order chi connectivity index (χ0) is 19.8. The lowest BCUT2D eigenvalue weighted by Crippen LogP contribution is -2.48. The SMILES string of the molecule is CCNC(=NCCS(=O)(=O)NCC1CCC1)N(C)CC(=O)NC(C)(C)C.I. The molecule has 3 N–H and O–H groups in total. The highest BCUT2D eigenvalue weighted by molar-refractivity contribution is 14.0. The van der Waals surface area contributed by atoms with Crippen LogP contribution < -0.4 is 15.4 Å². The normalized spacial score (nSPS) is 15.5. The van der Waals surface area contributed by atoms with Crippen molar-refractivity contribution in [2.45, 2.75) is 52.5 Å². The molecule has 0 bridgehead atoms. The van der Waals surface area contributed by atoms with E-state index >= 15 is 0 Å². The molecule has 0 spiro atoms.